The van der Waals surface area contributed by atoms with E-state index in [1.165, 1.54) is 6.92 Å². The van der Waals surface area contributed by atoms with Crippen LogP contribution in [0, 0.1) is 0 Å². The Hall–Kier alpha value is -3.34. The summed E-state index contributed by atoms with van der Waals surface area (Å²) in [6, 6.07) is 5.10. The van der Waals surface area contributed by atoms with E-state index in [4.69, 9.17) is 14.2 Å². The van der Waals surface area contributed by atoms with E-state index in [0.29, 0.717) is 38.8 Å². The van der Waals surface area contributed by atoms with Gasteiger partial charge in [-0.05, 0) is 38.0 Å². The van der Waals surface area contributed by atoms with Crippen LogP contribution in [0.5, 0.6) is 5.75 Å². The van der Waals surface area contributed by atoms with E-state index >= 15 is 0 Å². The van der Waals surface area contributed by atoms with Crippen molar-refractivity contribution in [2.75, 3.05) is 98.5 Å². The molecular weight excluding hydrogens is 592 g/mol. The SMILES string of the molecule is CCOCCOCCOc1ccc(CC(C(=O)O)N2CCN(CC(=O)[O-])CCN(C(C)C(=O)[O-])CCN(CC(=O)O)CC2)cc1. The van der Waals surface area contributed by atoms with Crippen molar-refractivity contribution in [2.45, 2.75) is 32.4 Å². The van der Waals surface area contributed by atoms with Gasteiger partial charge < -0.3 is 44.2 Å². The molecule has 2 unspecified atom stereocenters. The zero-order valence-corrected chi connectivity index (χ0v) is 26.1. The summed E-state index contributed by atoms with van der Waals surface area (Å²) in [6.07, 6.45) is 0.145. The standard InChI is InChI=1S/C30H48N4O11/c1-3-43-16-17-44-18-19-45-25-6-4-24(5-7-25)20-26(30(41)42)34-14-10-31(21-27(35)36)8-12-33(23(2)29(39)40)13-9-32(11-15-34)22-28(37)38/h4-7,23,26H,3,8-22H2,1-2H3,(H,35,36)(H,37,38)(H,39,40)(H,41,42)/p-2. The molecule has 1 saturated heterocycles. The number of aliphatic carboxylic acids is 4. The monoisotopic (exact) mass is 638 g/mol. The summed E-state index contributed by atoms with van der Waals surface area (Å²) in [5, 5.41) is 42.8. The number of hydrogen-bond donors (Lipinski definition) is 2. The van der Waals surface area contributed by atoms with Crippen molar-refractivity contribution in [1.29, 1.82) is 0 Å². The average Bonchev–Trinajstić information content (AvgIpc) is 2.98. The Balaban J connectivity index is 2.16. The Morgan fingerprint density at radius 1 is 0.778 bits per heavy atom. The molecule has 2 rings (SSSR count). The van der Waals surface area contributed by atoms with Gasteiger partial charge >= 0.3 is 11.9 Å². The fraction of sp³-hybridized carbons (Fsp3) is 0.667. The molecular formula is C30H46N4O11-2. The Morgan fingerprint density at radius 2 is 1.31 bits per heavy atom. The highest BCUT2D eigenvalue weighted by molar-refractivity contribution is 5.74. The minimum Gasteiger partial charge on any atom is -0.549 e. The summed E-state index contributed by atoms with van der Waals surface area (Å²) < 4.78 is 16.3. The largest absolute Gasteiger partial charge is 0.549 e. The zero-order valence-electron chi connectivity index (χ0n) is 26.1. The van der Waals surface area contributed by atoms with Crippen LogP contribution in [-0.4, -0.2) is 164 Å². The lowest BCUT2D eigenvalue weighted by molar-refractivity contribution is -0.312. The molecule has 2 N–H and O–H groups in total. The number of carbonyl (C=O) groups excluding carboxylic acids is 2. The number of rotatable bonds is 18. The zero-order chi connectivity index (χ0) is 33.2. The van der Waals surface area contributed by atoms with E-state index in [0.717, 1.165) is 5.56 Å². The third kappa shape index (κ3) is 15.0. The molecule has 0 aliphatic carbocycles. The van der Waals surface area contributed by atoms with Crippen molar-refractivity contribution in [1.82, 2.24) is 19.6 Å². The third-order valence-electron chi connectivity index (χ3n) is 7.56. The number of ether oxygens (including phenoxy) is 3. The predicted molar refractivity (Wildman–Crippen MR) is 158 cm³/mol. The van der Waals surface area contributed by atoms with E-state index in [-0.39, 0.29) is 65.3 Å². The first-order valence-electron chi connectivity index (χ1n) is 15.2. The molecule has 1 aromatic carbocycles. The number of carboxylic acid groups (broad SMARTS) is 4. The summed E-state index contributed by atoms with van der Waals surface area (Å²) in [5.41, 5.74) is 0.745. The van der Waals surface area contributed by atoms with Crippen LogP contribution in [0.15, 0.2) is 24.3 Å². The second-order valence-electron chi connectivity index (χ2n) is 10.7. The molecule has 1 aliphatic rings. The van der Waals surface area contributed by atoms with E-state index in [9.17, 15) is 39.6 Å². The highest BCUT2D eigenvalue weighted by Crippen LogP contribution is 2.16. The number of benzene rings is 1. The van der Waals surface area contributed by atoms with E-state index in [2.05, 4.69) is 0 Å². The molecule has 45 heavy (non-hydrogen) atoms. The van der Waals surface area contributed by atoms with Crippen LogP contribution in [0.2, 0.25) is 0 Å². The van der Waals surface area contributed by atoms with E-state index in [1.807, 2.05) is 6.92 Å². The van der Waals surface area contributed by atoms with Crippen LogP contribution >= 0.6 is 0 Å². The highest BCUT2D eigenvalue weighted by Gasteiger charge is 2.28. The van der Waals surface area contributed by atoms with Gasteiger partial charge in [0.2, 0.25) is 0 Å². The van der Waals surface area contributed by atoms with Gasteiger partial charge in [0.25, 0.3) is 0 Å². The van der Waals surface area contributed by atoms with Gasteiger partial charge in [-0.25, -0.2) is 0 Å². The van der Waals surface area contributed by atoms with Crippen LogP contribution in [-0.2, 0) is 35.1 Å². The van der Waals surface area contributed by atoms with Gasteiger partial charge in [0.15, 0.2) is 0 Å². The quantitative estimate of drug-likeness (QED) is 0.158. The van der Waals surface area contributed by atoms with Crippen molar-refractivity contribution >= 4 is 23.9 Å². The smallest absolute Gasteiger partial charge is 0.321 e. The molecule has 0 bridgehead atoms. The molecule has 0 radical (unpaired) electrons. The maximum absolute atomic E-state index is 12.5. The number of carbonyl (C=O) groups is 4. The first-order valence-corrected chi connectivity index (χ1v) is 15.2. The van der Waals surface area contributed by atoms with Crippen molar-refractivity contribution in [3.8, 4) is 5.75 Å². The molecule has 0 saturated carbocycles. The van der Waals surface area contributed by atoms with Crippen LogP contribution in [0.1, 0.15) is 19.4 Å². The highest BCUT2D eigenvalue weighted by atomic mass is 16.5. The van der Waals surface area contributed by atoms with Gasteiger partial charge in [0.05, 0.1) is 38.3 Å². The van der Waals surface area contributed by atoms with Gasteiger partial charge in [-0.3, -0.25) is 29.2 Å². The summed E-state index contributed by atoms with van der Waals surface area (Å²) >= 11 is 0. The van der Waals surface area contributed by atoms with Crippen molar-refractivity contribution in [2.24, 2.45) is 0 Å². The summed E-state index contributed by atoms with van der Waals surface area (Å²) in [6.45, 7) is 6.48. The predicted octanol–water partition coefficient (Wildman–Crippen LogP) is -2.69. The van der Waals surface area contributed by atoms with Gasteiger partial charge in [-0.15, -0.1) is 0 Å². The fourth-order valence-corrected chi connectivity index (χ4v) is 4.97. The van der Waals surface area contributed by atoms with Crippen molar-refractivity contribution in [3.05, 3.63) is 29.8 Å². The van der Waals surface area contributed by atoms with Crippen LogP contribution in [0.25, 0.3) is 0 Å². The van der Waals surface area contributed by atoms with Gasteiger partial charge in [-0.2, -0.15) is 0 Å². The van der Waals surface area contributed by atoms with Crippen molar-refractivity contribution < 1.29 is 53.8 Å². The van der Waals surface area contributed by atoms with Gasteiger partial charge in [0, 0.05) is 71.6 Å². The molecule has 254 valence electrons. The normalized spacial score (nSPS) is 17.9. The fourth-order valence-electron chi connectivity index (χ4n) is 4.97. The van der Waals surface area contributed by atoms with E-state index < -0.39 is 42.5 Å². The number of nitrogens with zero attached hydrogens (tertiary/aromatic N) is 4. The Kier molecular flexibility index (Phi) is 17.4. The van der Waals surface area contributed by atoms with Crippen molar-refractivity contribution in [3.63, 3.8) is 0 Å². The first-order chi connectivity index (χ1) is 21.5. The lowest BCUT2D eigenvalue weighted by atomic mass is 10.0. The topological polar surface area (TPSA) is 196 Å². The summed E-state index contributed by atoms with van der Waals surface area (Å²) in [4.78, 5) is 53.7. The molecule has 0 spiro atoms. The molecule has 0 amide bonds. The number of carboxylic acids is 4. The Labute approximate surface area is 263 Å². The maximum Gasteiger partial charge on any atom is 0.321 e. The minimum atomic E-state index is -1.31. The average molecular weight is 639 g/mol. The lowest BCUT2D eigenvalue weighted by Crippen LogP contribution is -2.55. The van der Waals surface area contributed by atoms with Gasteiger partial charge in [0.1, 0.15) is 18.4 Å². The van der Waals surface area contributed by atoms with E-state index in [1.54, 1.807) is 43.9 Å². The molecule has 2 atom stereocenters. The molecule has 0 aromatic heterocycles. The Morgan fingerprint density at radius 3 is 1.82 bits per heavy atom. The molecule has 15 heteroatoms. The molecule has 1 fully saturated rings. The Bertz CT molecular complexity index is 1030. The van der Waals surface area contributed by atoms with Gasteiger partial charge in [-0.1, -0.05) is 12.1 Å². The molecule has 1 heterocycles. The minimum absolute atomic E-state index is 0.145. The molecule has 15 nitrogen and oxygen atoms in total. The van der Waals surface area contributed by atoms with Crippen LogP contribution in [0.3, 0.4) is 0 Å². The van der Waals surface area contributed by atoms with Crippen LogP contribution in [0.4, 0.5) is 0 Å². The molecule has 1 aromatic rings. The second-order valence-corrected chi connectivity index (χ2v) is 10.7. The first kappa shape index (κ1) is 37.8. The maximum atomic E-state index is 12.5. The lowest BCUT2D eigenvalue weighted by Gasteiger charge is -2.37. The summed E-state index contributed by atoms with van der Waals surface area (Å²) in [5.74, 6) is -4.14. The summed E-state index contributed by atoms with van der Waals surface area (Å²) in [7, 11) is 0. The molecule has 1 aliphatic heterocycles. The van der Waals surface area contributed by atoms with Crippen LogP contribution < -0.4 is 14.9 Å². The second kappa shape index (κ2) is 20.6. The third-order valence-corrected chi connectivity index (χ3v) is 7.56. The number of hydrogen-bond acceptors (Lipinski definition) is 13.